The predicted molar refractivity (Wildman–Crippen MR) is 202 cm³/mol. The highest BCUT2D eigenvalue weighted by atomic mass is 19.4. The molecule has 14 nitrogen and oxygen atoms in total. The number of nitrogen functional groups attached to an aromatic ring is 1. The third-order valence-corrected chi connectivity index (χ3v) is 11.3. The summed E-state index contributed by atoms with van der Waals surface area (Å²) in [5.41, 5.74) is 3.51. The number of benzene rings is 2. The number of alkyl halides is 6. The summed E-state index contributed by atoms with van der Waals surface area (Å²) in [4.78, 5) is 68.0. The zero-order valence-corrected chi connectivity index (χ0v) is 32.5. The van der Waals surface area contributed by atoms with Crippen molar-refractivity contribution in [2.45, 2.75) is 76.4 Å². The van der Waals surface area contributed by atoms with Gasteiger partial charge in [0.05, 0.1) is 54.4 Å². The summed E-state index contributed by atoms with van der Waals surface area (Å²) in [6.45, 7) is 2.10. The molecular weight excluding hydrogens is 806 g/mol. The number of aromatic nitrogens is 2. The fourth-order valence-corrected chi connectivity index (χ4v) is 8.39. The van der Waals surface area contributed by atoms with Crippen LogP contribution in [0.2, 0.25) is 0 Å². The molecule has 0 unspecified atom stereocenters. The van der Waals surface area contributed by atoms with Crippen molar-refractivity contribution in [1.29, 1.82) is 0 Å². The van der Waals surface area contributed by atoms with Gasteiger partial charge in [0.1, 0.15) is 22.5 Å². The first kappa shape index (κ1) is 42.1. The van der Waals surface area contributed by atoms with Gasteiger partial charge in [-0.3, -0.25) is 23.7 Å². The van der Waals surface area contributed by atoms with Crippen LogP contribution in [-0.4, -0.2) is 76.3 Å². The van der Waals surface area contributed by atoms with Crippen LogP contribution in [0.5, 0.6) is 0 Å². The Labute approximate surface area is 336 Å². The zero-order chi connectivity index (χ0) is 43.4. The molecule has 60 heavy (non-hydrogen) atoms. The van der Waals surface area contributed by atoms with Crippen LogP contribution >= 0.6 is 0 Å². The number of nitrogens with zero attached hydrogens (tertiary/aromatic N) is 4. The monoisotopic (exact) mass is 846 g/mol. The number of furan rings is 2. The lowest BCUT2D eigenvalue weighted by Crippen LogP contribution is -2.37. The lowest BCUT2D eigenvalue weighted by atomic mass is 10.0. The largest absolute Gasteiger partial charge is 0.460 e. The molecule has 0 bridgehead atoms. The number of esters is 1. The highest BCUT2D eigenvalue weighted by molar-refractivity contribution is 6.04. The van der Waals surface area contributed by atoms with E-state index < -0.39 is 35.0 Å². The minimum absolute atomic E-state index is 0.0105. The maximum atomic E-state index is 13.2. The smallest absolute Gasteiger partial charge is 0.416 e. The SMILES string of the molecule is CCOC(=O)c1oc2cc(C(F)(F)F)ccc2c1N.CN1CC(=O)N[C@H]2CCC[C@@H]2C1=O.CN1Cc2nc3c(oc4cc(C(F)(F)F)ccc43)c(=O)n2[C@H]2CCC[C@@H]2C1=O. The van der Waals surface area contributed by atoms with Crippen LogP contribution in [0.1, 0.15) is 79.0 Å². The van der Waals surface area contributed by atoms with Crippen molar-refractivity contribution < 1.29 is 59.1 Å². The number of ether oxygens (including phenoxy) is 1. The fourth-order valence-electron chi connectivity index (χ4n) is 8.39. The Balaban J connectivity index is 0.000000147. The second-order valence-electron chi connectivity index (χ2n) is 15.2. The lowest BCUT2D eigenvalue weighted by Gasteiger charge is -2.19. The first-order chi connectivity index (χ1) is 28.3. The quantitative estimate of drug-likeness (QED) is 0.148. The Kier molecular flexibility index (Phi) is 11.1. The average molecular weight is 847 g/mol. The van der Waals surface area contributed by atoms with Crippen molar-refractivity contribution in [1.82, 2.24) is 24.7 Å². The van der Waals surface area contributed by atoms with Crippen molar-refractivity contribution in [3.05, 3.63) is 69.5 Å². The molecule has 20 heteroatoms. The molecule has 5 heterocycles. The minimum atomic E-state index is -4.51. The number of amides is 3. The van der Waals surface area contributed by atoms with E-state index in [-0.39, 0.29) is 100 Å². The van der Waals surface area contributed by atoms with Crippen molar-refractivity contribution in [3.63, 3.8) is 0 Å². The van der Waals surface area contributed by atoms with Crippen LogP contribution in [-0.2, 0) is 38.0 Å². The maximum absolute atomic E-state index is 13.2. The molecule has 2 aromatic carbocycles. The Hall–Kier alpha value is -6.08. The predicted octanol–water partition coefficient (Wildman–Crippen LogP) is 6.43. The summed E-state index contributed by atoms with van der Waals surface area (Å²) in [7, 11) is 3.37. The Morgan fingerprint density at radius 1 is 0.833 bits per heavy atom. The topological polar surface area (TPSA) is 183 Å². The van der Waals surface area contributed by atoms with Crippen molar-refractivity contribution in [3.8, 4) is 0 Å². The third-order valence-electron chi connectivity index (χ3n) is 11.3. The molecule has 1 saturated heterocycles. The molecule has 4 atom stereocenters. The molecule has 2 aliphatic carbocycles. The Morgan fingerprint density at radius 2 is 1.42 bits per heavy atom. The highest BCUT2D eigenvalue weighted by Gasteiger charge is 2.42. The molecule has 3 N–H and O–H groups in total. The number of rotatable bonds is 2. The first-order valence-corrected chi connectivity index (χ1v) is 19.2. The number of fused-ring (bicyclic) bond motifs is 8. The molecule has 0 spiro atoms. The van der Waals surface area contributed by atoms with Gasteiger partial charge in [0, 0.05) is 30.9 Å². The molecule has 0 radical (unpaired) electrons. The molecule has 3 aromatic heterocycles. The van der Waals surface area contributed by atoms with Gasteiger partial charge in [-0.2, -0.15) is 26.3 Å². The van der Waals surface area contributed by atoms with Gasteiger partial charge in [0.2, 0.25) is 29.1 Å². The first-order valence-electron chi connectivity index (χ1n) is 19.2. The third kappa shape index (κ3) is 7.85. The number of hydrogen-bond donors (Lipinski definition) is 2. The van der Waals surface area contributed by atoms with Gasteiger partial charge in [-0.25, -0.2) is 9.78 Å². The summed E-state index contributed by atoms with van der Waals surface area (Å²) < 4.78 is 93.4. The summed E-state index contributed by atoms with van der Waals surface area (Å²) in [5.74, 6) is -0.804. The second-order valence-corrected chi connectivity index (χ2v) is 15.2. The molecule has 320 valence electrons. The Bertz CT molecular complexity index is 2580. The second kappa shape index (κ2) is 15.8. The number of nitrogens with two attached hydrogens (primary N) is 1. The standard InChI is InChI=1S/C19H16F3N3O3.C12H10F3NO3.C9H14N2O2/c1-24-8-14-23-15-11-6-5-9(19(20,21)22)7-13(11)28-16(15)18(27)25(14)12-4-2-3-10(12)17(24)26;1-2-18-11(17)10-9(16)7-4-3-6(12(13,14)15)5-8(7)19-10;1-11-5-8(12)10-7-4-2-3-6(7)9(11)13/h5-7,10,12H,2-4,8H2,1H3;3-5H,2,16H2,1H3;6-7H,2-5H2,1H3,(H,10,12)/t10-,12-;;6-,7-/m0.0/s1. The van der Waals surface area contributed by atoms with E-state index in [2.05, 4.69) is 10.3 Å². The lowest BCUT2D eigenvalue weighted by molar-refractivity contribution is -0.138. The number of likely N-dealkylation sites (N-methyl/N-ethyl adjacent to an activating group) is 1. The molecule has 2 aliphatic heterocycles. The molecule has 3 fully saturated rings. The van der Waals surface area contributed by atoms with E-state index in [1.165, 1.54) is 21.6 Å². The van der Waals surface area contributed by atoms with E-state index in [1.807, 2.05) is 0 Å². The molecule has 2 saturated carbocycles. The number of carbonyl (C=O) groups is 4. The molecule has 3 amide bonds. The van der Waals surface area contributed by atoms with Gasteiger partial charge in [-0.05, 0) is 69.0 Å². The van der Waals surface area contributed by atoms with Crippen LogP contribution in [0, 0.1) is 11.8 Å². The maximum Gasteiger partial charge on any atom is 0.416 e. The van der Waals surface area contributed by atoms with Crippen molar-refractivity contribution >= 4 is 62.4 Å². The number of halogens is 6. The van der Waals surface area contributed by atoms with Gasteiger partial charge >= 0.3 is 18.3 Å². The molecular formula is C40H40F6N6O8. The van der Waals surface area contributed by atoms with Crippen LogP contribution in [0.25, 0.3) is 33.0 Å². The van der Waals surface area contributed by atoms with E-state index in [9.17, 15) is 50.3 Å². The number of carbonyl (C=O) groups excluding carboxylic acids is 4. The molecule has 5 aromatic rings. The van der Waals surface area contributed by atoms with Crippen LogP contribution in [0.4, 0.5) is 32.0 Å². The van der Waals surface area contributed by atoms with Gasteiger partial charge in [0.25, 0.3) is 5.56 Å². The fraction of sp³-hybridized carbons (Fsp3) is 0.450. The van der Waals surface area contributed by atoms with Crippen LogP contribution < -0.4 is 16.6 Å². The van der Waals surface area contributed by atoms with Gasteiger partial charge in [-0.15, -0.1) is 0 Å². The summed E-state index contributed by atoms with van der Waals surface area (Å²) in [5, 5.41) is 3.50. The highest BCUT2D eigenvalue weighted by Crippen LogP contribution is 2.41. The van der Waals surface area contributed by atoms with Crippen molar-refractivity contribution in [2.75, 3.05) is 33.0 Å². The van der Waals surface area contributed by atoms with Gasteiger partial charge < -0.3 is 34.4 Å². The normalized spacial score (nSPS) is 21.6. The number of nitrogens with one attached hydrogen (secondary N) is 1. The van der Waals surface area contributed by atoms with E-state index >= 15 is 0 Å². The van der Waals surface area contributed by atoms with Gasteiger partial charge in [-0.1, -0.05) is 12.8 Å². The van der Waals surface area contributed by atoms with E-state index in [0.29, 0.717) is 24.1 Å². The zero-order valence-electron chi connectivity index (χ0n) is 32.5. The summed E-state index contributed by atoms with van der Waals surface area (Å²) >= 11 is 0. The van der Waals surface area contributed by atoms with Crippen LogP contribution in [0.3, 0.4) is 0 Å². The van der Waals surface area contributed by atoms with Gasteiger partial charge in [0.15, 0.2) is 0 Å². The van der Waals surface area contributed by atoms with Crippen molar-refractivity contribution in [2.24, 2.45) is 11.8 Å². The number of hydrogen-bond acceptors (Lipinski definition) is 10. The summed E-state index contributed by atoms with van der Waals surface area (Å²) in [6, 6.07) is 5.76. The minimum Gasteiger partial charge on any atom is -0.460 e. The number of anilines is 1. The molecule has 4 aliphatic rings. The van der Waals surface area contributed by atoms with E-state index in [0.717, 1.165) is 49.9 Å². The van der Waals surface area contributed by atoms with E-state index in [4.69, 9.17) is 19.3 Å². The van der Waals surface area contributed by atoms with Crippen LogP contribution in [0.15, 0.2) is 50.0 Å². The summed E-state index contributed by atoms with van der Waals surface area (Å²) in [6.07, 6.45) is -3.85. The molecule has 9 rings (SSSR count). The Morgan fingerprint density at radius 3 is 2.07 bits per heavy atom. The average Bonchev–Trinajstić information content (AvgIpc) is 3.98. The van der Waals surface area contributed by atoms with E-state index in [1.54, 1.807) is 25.9 Å².